The summed E-state index contributed by atoms with van der Waals surface area (Å²) in [5.41, 5.74) is 0.781. The van der Waals surface area contributed by atoms with Crippen molar-refractivity contribution < 1.29 is 13.2 Å². The van der Waals surface area contributed by atoms with Gasteiger partial charge in [0.05, 0.1) is 6.20 Å². The lowest BCUT2D eigenvalue weighted by Crippen LogP contribution is -2.55. The number of nitrogens with one attached hydrogen (secondary N) is 1. The molecule has 0 saturated carbocycles. The molecule has 1 aliphatic rings. The van der Waals surface area contributed by atoms with E-state index in [9.17, 15) is 13.2 Å². The molecule has 4 heterocycles. The van der Waals surface area contributed by atoms with Crippen LogP contribution in [-0.4, -0.2) is 69.1 Å². The summed E-state index contributed by atoms with van der Waals surface area (Å²) in [6.07, 6.45) is 7.45. The lowest BCUT2D eigenvalue weighted by molar-refractivity contribution is 0.0636. The minimum atomic E-state index is -3.71. The summed E-state index contributed by atoms with van der Waals surface area (Å²) in [5, 5.41) is 0.558. The largest absolute Gasteiger partial charge is 0.345 e. The summed E-state index contributed by atoms with van der Waals surface area (Å²) in [6, 6.07) is 3.06. The van der Waals surface area contributed by atoms with E-state index in [1.54, 1.807) is 30.2 Å². The lowest BCUT2D eigenvalue weighted by Gasteiger charge is -2.38. The molecule has 27 heavy (non-hydrogen) atoms. The van der Waals surface area contributed by atoms with Crippen LogP contribution in [0.2, 0.25) is 0 Å². The van der Waals surface area contributed by atoms with E-state index in [4.69, 9.17) is 0 Å². The maximum Gasteiger partial charge on any atom is 0.274 e. The number of amides is 1. The number of fused-ring (bicyclic) bond motifs is 1. The first-order valence-corrected chi connectivity index (χ1v) is 9.92. The highest BCUT2D eigenvalue weighted by atomic mass is 32.2. The van der Waals surface area contributed by atoms with Crippen LogP contribution >= 0.6 is 0 Å². The molecule has 1 saturated heterocycles. The van der Waals surface area contributed by atoms with Crippen molar-refractivity contribution in [3.63, 3.8) is 0 Å². The Morgan fingerprint density at radius 3 is 2.81 bits per heavy atom. The van der Waals surface area contributed by atoms with Gasteiger partial charge in [0, 0.05) is 55.8 Å². The average molecular weight is 386 g/mol. The summed E-state index contributed by atoms with van der Waals surface area (Å²) in [5.74, 6) is -0.247. The number of aromatic amines is 1. The van der Waals surface area contributed by atoms with Gasteiger partial charge in [-0.25, -0.2) is 18.4 Å². The SMILES string of the molecule is C[C@H]1CN(C(=O)c2cnccn2)CCN1S(=O)(=O)c1c[nH]c2ncccc12. The molecule has 1 N–H and O–H groups in total. The first kappa shape index (κ1) is 17.6. The second-order valence-corrected chi connectivity index (χ2v) is 8.22. The number of hydrogen-bond donors (Lipinski definition) is 1. The standard InChI is InChI=1S/C17H18N6O3S/c1-12-11-22(17(24)14-9-18-5-6-19-14)7-8-23(12)27(25,26)15-10-21-16-13(15)3-2-4-20-16/h2-6,9-10,12H,7-8,11H2,1H3,(H,20,21)/t12-/m0/s1. The van der Waals surface area contributed by atoms with Gasteiger partial charge >= 0.3 is 0 Å². The molecule has 1 atom stereocenters. The summed E-state index contributed by atoms with van der Waals surface area (Å²) >= 11 is 0. The van der Waals surface area contributed by atoms with Crippen molar-refractivity contribution in [1.82, 2.24) is 29.1 Å². The molecule has 0 aromatic carbocycles. The molecular weight excluding hydrogens is 368 g/mol. The molecule has 3 aromatic heterocycles. The molecule has 0 spiro atoms. The van der Waals surface area contributed by atoms with Crippen molar-refractivity contribution in [1.29, 1.82) is 0 Å². The van der Waals surface area contributed by atoms with Gasteiger partial charge in [0.1, 0.15) is 16.2 Å². The van der Waals surface area contributed by atoms with Gasteiger partial charge in [-0.05, 0) is 19.1 Å². The Kier molecular flexibility index (Phi) is 4.36. The second kappa shape index (κ2) is 6.71. The van der Waals surface area contributed by atoms with E-state index in [0.717, 1.165) is 0 Å². The predicted octanol–water partition coefficient (Wildman–Crippen LogP) is 0.888. The van der Waals surface area contributed by atoms with Gasteiger partial charge in [-0.3, -0.25) is 9.78 Å². The topological polar surface area (TPSA) is 112 Å². The molecule has 10 heteroatoms. The van der Waals surface area contributed by atoms with Gasteiger partial charge in [0.2, 0.25) is 10.0 Å². The van der Waals surface area contributed by atoms with Crippen LogP contribution in [0.15, 0.2) is 48.0 Å². The van der Waals surface area contributed by atoms with Crippen molar-refractivity contribution in [3.05, 3.63) is 48.8 Å². The molecular formula is C17H18N6O3S. The van der Waals surface area contributed by atoms with E-state index in [2.05, 4.69) is 19.9 Å². The van der Waals surface area contributed by atoms with Gasteiger partial charge < -0.3 is 9.88 Å². The first-order valence-electron chi connectivity index (χ1n) is 8.47. The molecule has 140 valence electrons. The molecule has 1 aliphatic heterocycles. The third-order valence-electron chi connectivity index (χ3n) is 4.64. The molecule has 0 unspecified atom stereocenters. The number of rotatable bonds is 3. The van der Waals surface area contributed by atoms with Crippen LogP contribution in [0.3, 0.4) is 0 Å². The number of pyridine rings is 1. The Morgan fingerprint density at radius 1 is 1.22 bits per heavy atom. The Bertz CT molecular complexity index is 1080. The van der Waals surface area contributed by atoms with Crippen molar-refractivity contribution >= 4 is 27.0 Å². The maximum absolute atomic E-state index is 13.2. The lowest BCUT2D eigenvalue weighted by atomic mass is 10.2. The van der Waals surface area contributed by atoms with Crippen molar-refractivity contribution in [2.24, 2.45) is 0 Å². The monoisotopic (exact) mass is 386 g/mol. The minimum Gasteiger partial charge on any atom is -0.345 e. The van der Waals surface area contributed by atoms with Crippen molar-refractivity contribution in [2.45, 2.75) is 17.9 Å². The molecule has 9 nitrogen and oxygen atoms in total. The molecule has 4 rings (SSSR count). The number of carbonyl (C=O) groups is 1. The molecule has 1 fully saturated rings. The quantitative estimate of drug-likeness (QED) is 0.715. The van der Waals surface area contributed by atoms with E-state index >= 15 is 0 Å². The molecule has 0 aliphatic carbocycles. The maximum atomic E-state index is 13.2. The zero-order valence-electron chi connectivity index (χ0n) is 14.6. The highest BCUT2D eigenvalue weighted by Crippen LogP contribution is 2.27. The third kappa shape index (κ3) is 3.06. The van der Waals surface area contributed by atoms with E-state index in [-0.39, 0.29) is 35.6 Å². The van der Waals surface area contributed by atoms with Crippen LogP contribution in [0.4, 0.5) is 0 Å². The van der Waals surface area contributed by atoms with Crippen LogP contribution in [0, 0.1) is 0 Å². The van der Waals surface area contributed by atoms with Crippen LogP contribution in [0.5, 0.6) is 0 Å². The van der Waals surface area contributed by atoms with E-state index in [1.807, 2.05) is 0 Å². The van der Waals surface area contributed by atoms with Gasteiger partial charge in [-0.2, -0.15) is 4.31 Å². The minimum absolute atomic E-state index is 0.200. The van der Waals surface area contributed by atoms with Gasteiger partial charge in [0.15, 0.2) is 0 Å². The van der Waals surface area contributed by atoms with Gasteiger partial charge in [0.25, 0.3) is 5.91 Å². The Labute approximate surface area is 156 Å². The fraction of sp³-hybridized carbons (Fsp3) is 0.294. The average Bonchev–Trinajstić information content (AvgIpc) is 3.13. The van der Waals surface area contributed by atoms with Crippen molar-refractivity contribution in [3.8, 4) is 0 Å². The number of aromatic nitrogens is 4. The number of piperazine rings is 1. The zero-order valence-corrected chi connectivity index (χ0v) is 15.4. The fourth-order valence-corrected chi connectivity index (χ4v) is 5.09. The molecule has 3 aromatic rings. The Hall–Kier alpha value is -2.85. The number of carbonyl (C=O) groups excluding carboxylic acids is 1. The highest BCUT2D eigenvalue weighted by Gasteiger charge is 2.36. The number of hydrogen-bond acceptors (Lipinski definition) is 6. The zero-order chi connectivity index (χ0) is 19.0. The van der Waals surface area contributed by atoms with Gasteiger partial charge in [-0.15, -0.1) is 0 Å². The second-order valence-electron chi connectivity index (χ2n) is 6.36. The number of nitrogens with zero attached hydrogens (tertiary/aromatic N) is 5. The Balaban J connectivity index is 1.57. The van der Waals surface area contributed by atoms with Crippen molar-refractivity contribution in [2.75, 3.05) is 19.6 Å². The van der Waals surface area contributed by atoms with E-state index in [0.29, 0.717) is 17.6 Å². The third-order valence-corrected chi connectivity index (χ3v) is 6.69. The first-order chi connectivity index (χ1) is 13.0. The van der Waals surface area contributed by atoms with Crippen LogP contribution in [0.25, 0.3) is 11.0 Å². The molecule has 0 radical (unpaired) electrons. The van der Waals surface area contributed by atoms with Gasteiger partial charge in [-0.1, -0.05) is 0 Å². The summed E-state index contributed by atoms with van der Waals surface area (Å²) < 4.78 is 27.8. The smallest absolute Gasteiger partial charge is 0.274 e. The molecule has 1 amide bonds. The molecule has 0 bridgehead atoms. The summed E-state index contributed by atoms with van der Waals surface area (Å²) in [4.78, 5) is 29.3. The predicted molar refractivity (Wildman–Crippen MR) is 97.4 cm³/mol. The highest BCUT2D eigenvalue weighted by molar-refractivity contribution is 7.89. The van der Waals surface area contributed by atoms with Crippen LogP contribution in [-0.2, 0) is 10.0 Å². The van der Waals surface area contributed by atoms with Crippen LogP contribution in [0.1, 0.15) is 17.4 Å². The van der Waals surface area contributed by atoms with E-state index in [1.165, 1.54) is 29.1 Å². The number of H-pyrrole nitrogens is 1. The normalized spacial score (nSPS) is 18.7. The summed E-state index contributed by atoms with van der Waals surface area (Å²) in [7, 11) is -3.71. The number of sulfonamides is 1. The fourth-order valence-electron chi connectivity index (χ4n) is 3.32. The Morgan fingerprint density at radius 2 is 2.07 bits per heavy atom. The van der Waals surface area contributed by atoms with Crippen LogP contribution < -0.4 is 0 Å². The summed E-state index contributed by atoms with van der Waals surface area (Å²) in [6.45, 7) is 2.58. The van der Waals surface area contributed by atoms with E-state index < -0.39 is 10.0 Å².